The van der Waals surface area contributed by atoms with Crippen LogP contribution >= 0.6 is 0 Å². The molecule has 0 bridgehead atoms. The molecule has 84 heavy (non-hydrogen) atoms. The summed E-state index contributed by atoms with van der Waals surface area (Å²) in [6.45, 7) is 25.3. The third kappa shape index (κ3) is 10.2. The third-order valence-electron chi connectivity index (χ3n) is 16.3. The molecule has 0 N–H and O–H groups in total. The van der Waals surface area contributed by atoms with Crippen LogP contribution in [0, 0.1) is 11.6 Å². The topological polar surface area (TPSA) is 6.48 Å². The lowest BCUT2D eigenvalue weighted by atomic mass is 9.82. The first-order valence-corrected chi connectivity index (χ1v) is 28.7. The van der Waals surface area contributed by atoms with Gasteiger partial charge in [-0.25, -0.2) is 8.78 Å². The Kier molecular flexibility index (Phi) is 11.2. The van der Waals surface area contributed by atoms with E-state index in [1.165, 1.54) is 21.9 Å². The molecule has 0 saturated heterocycles. The summed E-state index contributed by atoms with van der Waals surface area (Å²) in [4.78, 5) is 2.95. The monoisotopic (exact) mass is 1110 g/mol. The van der Waals surface area contributed by atoms with Crippen molar-refractivity contribution in [2.45, 2.75) is 105 Å². The van der Waals surface area contributed by atoms with Gasteiger partial charge in [0.15, 0.2) is 0 Å². The molecule has 0 aliphatic rings. The van der Waals surface area contributed by atoms with E-state index in [1.54, 1.807) is 24.3 Å². The largest absolute Gasteiger partial charge is 0.307 e. The van der Waals surface area contributed by atoms with Gasteiger partial charge < -0.3 is 9.80 Å². The highest BCUT2D eigenvalue weighted by atomic mass is 19.1. The van der Waals surface area contributed by atoms with Crippen molar-refractivity contribution in [1.29, 1.82) is 0 Å². The highest BCUT2D eigenvalue weighted by Crippen LogP contribution is 2.54. The van der Waals surface area contributed by atoms with E-state index in [2.05, 4.69) is 107 Å². The van der Waals surface area contributed by atoms with E-state index in [9.17, 15) is 11.0 Å². The van der Waals surface area contributed by atoms with Crippen LogP contribution in [0.3, 0.4) is 0 Å². The van der Waals surface area contributed by atoms with Crippen LogP contribution in [0.4, 0.5) is 42.9 Å². The van der Waals surface area contributed by atoms with Crippen LogP contribution in [0.15, 0.2) is 230 Å². The molecule has 0 heterocycles. The summed E-state index contributed by atoms with van der Waals surface area (Å²) in [5.41, 5.74) is 7.28. The van der Waals surface area contributed by atoms with E-state index in [4.69, 9.17) is 2.74 Å². The summed E-state index contributed by atoms with van der Waals surface area (Å²) in [5.74, 6) is -1.47. The normalized spacial score (nSPS) is 14.1. The van der Waals surface area contributed by atoms with Crippen molar-refractivity contribution in [2.24, 2.45) is 0 Å². The molecule has 12 rings (SSSR count). The Labute approximate surface area is 510 Å². The maximum absolute atomic E-state index is 18.5. The lowest BCUT2D eigenvalue weighted by Gasteiger charge is -2.32. The summed E-state index contributed by atoms with van der Waals surface area (Å²) in [6.07, 6.45) is 0. The number of para-hydroxylation sites is 2. The van der Waals surface area contributed by atoms with Gasteiger partial charge in [-0.15, -0.1) is 0 Å². The van der Waals surface area contributed by atoms with Crippen molar-refractivity contribution < 1.29 is 22.5 Å². The smallest absolute Gasteiger partial charge is 0.147 e. The second kappa shape index (κ2) is 21.1. The first-order valence-electron chi connectivity index (χ1n) is 33.7. The Morgan fingerprint density at radius 1 is 0.333 bits per heavy atom. The molecule has 0 spiro atoms. The minimum absolute atomic E-state index is 0.0715. The average molecular weight is 1110 g/mol. The summed E-state index contributed by atoms with van der Waals surface area (Å²) < 4.78 is 131. The summed E-state index contributed by atoms with van der Waals surface area (Å²) >= 11 is 0. The van der Waals surface area contributed by atoms with Crippen molar-refractivity contribution in [3.63, 3.8) is 0 Å². The van der Waals surface area contributed by atoms with Gasteiger partial charge in [-0.05, 0) is 147 Å². The lowest BCUT2D eigenvalue weighted by molar-refractivity contribution is 0.590. The highest BCUT2D eigenvalue weighted by Gasteiger charge is 2.31. The molecule has 0 radical (unpaired) electrons. The second-order valence-electron chi connectivity index (χ2n) is 26.2. The van der Waals surface area contributed by atoms with Crippen molar-refractivity contribution in [3.05, 3.63) is 264 Å². The predicted molar refractivity (Wildman–Crippen MR) is 356 cm³/mol. The molecule has 0 saturated carbocycles. The molecule has 0 aliphatic heterocycles. The van der Waals surface area contributed by atoms with Crippen LogP contribution in [0.25, 0.3) is 76.8 Å². The standard InChI is InChI=1S/C80H74F2N2/c1-77(2,3)57-27-19-23-53(47-57)63-41-43-67(81)75(73(63)55-25-21-29-59(49-55)79(7,8)9)83(61-31-15-13-16-32-61)69-45-37-51-36-40-66-70(46-38-52-35-39-65(69)71(51)72(52)66)84(62-33-17-14-18-34-62)76-68(82)44-42-64(54-24-20-28-58(48-54)78(4,5)6)74(76)56-26-22-30-60(50-56)80(10,11)12/h13-50H,1-12H3/i13D,14D,15D,16D,17D,18D,31D,32D,33D,34D. The number of rotatable bonds is 10. The molecular formula is C80H74F2N2. The molecule has 12 aromatic rings. The Balaban J connectivity index is 1.23. The summed E-state index contributed by atoms with van der Waals surface area (Å²) in [7, 11) is 0. The SMILES string of the molecule is [2H]c1c([2H])c([2H])c(N(c2c(F)ccc(-c3cccc(C(C)(C)C)c3)c2-c2cccc(C(C)(C)C)c2)c2ccc3ccc4c(N(c5c([2H])c([2H])c([2H])c([2H])c5[2H])c5c(F)ccc(-c6cccc(C(C)(C)C)c6)c5-c5cccc(C(C)(C)C)c5)ccc5ccc2c3c54)c([2H])c1[2H]. The van der Waals surface area contributed by atoms with Gasteiger partial charge in [0.1, 0.15) is 11.6 Å². The third-order valence-corrected chi connectivity index (χ3v) is 16.3. The molecular weight excluding hydrogens is 1030 g/mol. The van der Waals surface area contributed by atoms with Crippen LogP contribution in [0.1, 0.15) is 119 Å². The van der Waals surface area contributed by atoms with Crippen molar-refractivity contribution in [3.8, 4) is 44.5 Å². The maximum Gasteiger partial charge on any atom is 0.147 e. The van der Waals surface area contributed by atoms with Crippen LogP contribution in [0.2, 0.25) is 0 Å². The van der Waals surface area contributed by atoms with E-state index in [-0.39, 0.29) is 55.8 Å². The molecule has 0 amide bonds. The van der Waals surface area contributed by atoms with Crippen molar-refractivity contribution in [2.75, 3.05) is 9.80 Å². The van der Waals surface area contributed by atoms with Gasteiger partial charge in [-0.3, -0.25) is 0 Å². The van der Waals surface area contributed by atoms with Crippen molar-refractivity contribution >= 4 is 66.4 Å². The average Bonchev–Trinajstić information content (AvgIpc) is 0.715. The second-order valence-corrected chi connectivity index (χ2v) is 26.2. The van der Waals surface area contributed by atoms with Crippen LogP contribution in [-0.2, 0) is 21.7 Å². The van der Waals surface area contributed by atoms with Crippen LogP contribution < -0.4 is 9.80 Å². The number of benzene rings is 12. The van der Waals surface area contributed by atoms with E-state index < -0.39 is 72.1 Å². The first-order chi connectivity index (χ1) is 44.2. The predicted octanol–water partition coefficient (Wildman–Crippen LogP) is 23.7. The fourth-order valence-electron chi connectivity index (χ4n) is 11.8. The first kappa shape index (κ1) is 44.7. The maximum atomic E-state index is 18.5. The minimum atomic E-state index is -0.737. The molecule has 0 aliphatic carbocycles. The molecule has 4 heteroatoms. The van der Waals surface area contributed by atoms with Gasteiger partial charge in [0.05, 0.1) is 36.5 Å². The van der Waals surface area contributed by atoms with Crippen LogP contribution in [-0.4, -0.2) is 0 Å². The van der Waals surface area contributed by atoms with Crippen LogP contribution in [0.5, 0.6) is 0 Å². The number of anilines is 6. The van der Waals surface area contributed by atoms with E-state index >= 15 is 8.78 Å². The van der Waals surface area contributed by atoms with E-state index in [0.717, 1.165) is 33.4 Å². The van der Waals surface area contributed by atoms with Gasteiger partial charge in [0.25, 0.3) is 0 Å². The molecule has 0 fully saturated rings. The Morgan fingerprint density at radius 3 is 0.976 bits per heavy atom. The molecule has 12 aromatic carbocycles. The fraction of sp³-hybridized carbons (Fsp3) is 0.200. The van der Waals surface area contributed by atoms with Gasteiger partial charge in [0.2, 0.25) is 0 Å². The Bertz CT molecular complexity index is 4690. The van der Waals surface area contributed by atoms with Gasteiger partial charge in [-0.1, -0.05) is 265 Å². The van der Waals surface area contributed by atoms with Gasteiger partial charge in [-0.2, -0.15) is 0 Å². The Hall–Kier alpha value is -8.86. The lowest BCUT2D eigenvalue weighted by Crippen LogP contribution is -2.15. The Morgan fingerprint density at radius 2 is 0.643 bits per heavy atom. The van der Waals surface area contributed by atoms with Gasteiger partial charge >= 0.3 is 0 Å². The van der Waals surface area contributed by atoms with Gasteiger partial charge in [0, 0.05) is 33.3 Å². The zero-order chi connectivity index (χ0) is 67.7. The highest BCUT2D eigenvalue weighted by molar-refractivity contribution is 6.28. The molecule has 0 aromatic heterocycles. The summed E-state index contributed by atoms with van der Waals surface area (Å²) in [5, 5.41) is 3.56. The van der Waals surface area contributed by atoms with E-state index in [1.807, 2.05) is 109 Å². The van der Waals surface area contributed by atoms with E-state index in [0.29, 0.717) is 65.7 Å². The zero-order valence-electron chi connectivity index (χ0n) is 59.8. The number of hydrogen-bond acceptors (Lipinski definition) is 2. The zero-order valence-corrected chi connectivity index (χ0v) is 49.8. The molecule has 0 atom stereocenters. The quantitative estimate of drug-likeness (QED) is 0.126. The molecule has 418 valence electrons. The molecule has 0 unspecified atom stereocenters. The fourth-order valence-corrected chi connectivity index (χ4v) is 11.8. The number of halogens is 2. The molecule has 2 nitrogen and oxygen atoms in total. The number of nitrogens with zero attached hydrogens (tertiary/aromatic N) is 2. The summed E-state index contributed by atoms with van der Waals surface area (Å²) in [6, 6.07) is 46.9. The minimum Gasteiger partial charge on any atom is -0.307 e. The van der Waals surface area contributed by atoms with Crippen molar-refractivity contribution in [1.82, 2.24) is 0 Å². The number of hydrogen-bond donors (Lipinski definition) is 0.